The number of nitrogens with one attached hydrogen (secondary N) is 1. The number of carbonyl (C=O) groups is 1. The quantitative estimate of drug-likeness (QED) is 0.328. The molecule has 6 rings (SSSR count). The SMILES string of the molecule is COC(=O)[C@]12CCC(C)(C)C[C@H]1C1=CCC3[C@@]4(C)Cc5cn[nH]c5C(C)(C)C4CC[C@@]3(C)[C@]1(C)CC2. The van der Waals surface area contributed by atoms with E-state index in [2.05, 4.69) is 70.9 Å². The first-order chi connectivity index (χ1) is 16.8. The first kappa shape index (κ1) is 24.7. The van der Waals surface area contributed by atoms with Crippen LogP contribution in [0, 0.1) is 44.8 Å². The number of aromatic nitrogens is 2. The van der Waals surface area contributed by atoms with Crippen LogP contribution in [0.25, 0.3) is 0 Å². The van der Waals surface area contributed by atoms with Crippen LogP contribution < -0.4 is 0 Å². The van der Waals surface area contributed by atoms with E-state index in [0.717, 1.165) is 44.9 Å². The Labute approximate surface area is 218 Å². The van der Waals surface area contributed by atoms with E-state index in [1.165, 1.54) is 24.1 Å². The summed E-state index contributed by atoms with van der Waals surface area (Å²) >= 11 is 0. The van der Waals surface area contributed by atoms with Gasteiger partial charge in [-0.2, -0.15) is 5.10 Å². The Bertz CT molecular complexity index is 1130. The Morgan fingerprint density at radius 1 is 1.00 bits per heavy atom. The Kier molecular flexibility index (Phi) is 5.01. The highest BCUT2D eigenvalue weighted by atomic mass is 16.5. The summed E-state index contributed by atoms with van der Waals surface area (Å²) in [5.41, 5.74) is 5.12. The largest absolute Gasteiger partial charge is 0.469 e. The van der Waals surface area contributed by atoms with Gasteiger partial charge in [-0.25, -0.2) is 0 Å². The summed E-state index contributed by atoms with van der Waals surface area (Å²) in [6.45, 7) is 17.6. The molecule has 198 valence electrons. The van der Waals surface area contributed by atoms with Gasteiger partial charge in [0.25, 0.3) is 0 Å². The minimum atomic E-state index is -0.321. The lowest BCUT2D eigenvalue weighted by Crippen LogP contribution is -2.64. The summed E-state index contributed by atoms with van der Waals surface area (Å²) in [7, 11) is 1.60. The summed E-state index contributed by atoms with van der Waals surface area (Å²) in [6, 6.07) is 0. The number of aromatic amines is 1. The molecule has 4 nitrogen and oxygen atoms in total. The summed E-state index contributed by atoms with van der Waals surface area (Å²) < 4.78 is 5.52. The number of ether oxygens (including phenoxy) is 1. The van der Waals surface area contributed by atoms with Gasteiger partial charge in [-0.1, -0.05) is 60.1 Å². The van der Waals surface area contributed by atoms with Crippen molar-refractivity contribution in [3.05, 3.63) is 29.1 Å². The van der Waals surface area contributed by atoms with E-state index in [4.69, 9.17) is 4.74 Å². The second-order valence-corrected chi connectivity index (χ2v) is 15.5. The summed E-state index contributed by atoms with van der Waals surface area (Å²) in [6.07, 6.45) is 14.9. The maximum atomic E-state index is 13.4. The molecule has 36 heavy (non-hydrogen) atoms. The zero-order valence-electron chi connectivity index (χ0n) is 24.0. The average Bonchev–Trinajstić information content (AvgIpc) is 3.27. The lowest BCUT2D eigenvalue weighted by molar-refractivity contribution is -0.179. The number of hydrogen-bond donors (Lipinski definition) is 1. The molecule has 0 bridgehead atoms. The summed E-state index contributed by atoms with van der Waals surface area (Å²) in [4.78, 5) is 13.4. The van der Waals surface area contributed by atoms with E-state index >= 15 is 0 Å². The molecular formula is C32H48N2O2. The average molecular weight is 493 g/mol. The van der Waals surface area contributed by atoms with Crippen LogP contribution in [-0.4, -0.2) is 23.3 Å². The number of nitrogens with zero attached hydrogens (tertiary/aromatic N) is 1. The second-order valence-electron chi connectivity index (χ2n) is 15.5. The van der Waals surface area contributed by atoms with Crippen LogP contribution in [0.15, 0.2) is 17.8 Å². The van der Waals surface area contributed by atoms with Crippen LogP contribution in [0.2, 0.25) is 0 Å². The number of methoxy groups -OCH3 is 1. The Balaban J connectivity index is 1.46. The fraction of sp³-hybridized carbons (Fsp3) is 0.812. The van der Waals surface area contributed by atoms with E-state index in [1.807, 2.05) is 0 Å². The van der Waals surface area contributed by atoms with Gasteiger partial charge in [0.1, 0.15) is 0 Å². The van der Waals surface area contributed by atoms with Crippen molar-refractivity contribution in [2.45, 2.75) is 112 Å². The molecule has 0 saturated heterocycles. The molecule has 0 radical (unpaired) electrons. The minimum absolute atomic E-state index is 0.0513. The van der Waals surface area contributed by atoms with Crippen molar-refractivity contribution in [2.75, 3.05) is 7.11 Å². The summed E-state index contributed by atoms with van der Waals surface area (Å²) in [5.74, 6) is 1.66. The van der Waals surface area contributed by atoms with Crippen molar-refractivity contribution in [3.8, 4) is 0 Å². The number of fused-ring (bicyclic) bond motifs is 8. The second kappa shape index (κ2) is 7.29. The molecule has 7 atom stereocenters. The fourth-order valence-corrected chi connectivity index (χ4v) is 11.2. The van der Waals surface area contributed by atoms with Crippen LogP contribution in [0.5, 0.6) is 0 Å². The first-order valence-electron chi connectivity index (χ1n) is 14.6. The number of hydrogen-bond acceptors (Lipinski definition) is 3. The van der Waals surface area contributed by atoms with Gasteiger partial charge in [0.05, 0.1) is 18.7 Å². The maximum Gasteiger partial charge on any atom is 0.312 e. The number of esters is 1. The monoisotopic (exact) mass is 492 g/mol. The van der Waals surface area contributed by atoms with Crippen molar-refractivity contribution >= 4 is 5.97 Å². The zero-order valence-corrected chi connectivity index (χ0v) is 24.0. The number of rotatable bonds is 1. The Morgan fingerprint density at radius 3 is 2.44 bits per heavy atom. The molecule has 3 saturated carbocycles. The van der Waals surface area contributed by atoms with Gasteiger partial charge in [-0.15, -0.1) is 0 Å². The van der Waals surface area contributed by atoms with Crippen molar-refractivity contribution in [3.63, 3.8) is 0 Å². The zero-order chi connectivity index (χ0) is 25.9. The molecule has 5 aliphatic carbocycles. The lowest BCUT2D eigenvalue weighted by atomic mass is 9.33. The highest BCUT2D eigenvalue weighted by Crippen LogP contribution is 2.75. The molecule has 3 fully saturated rings. The predicted molar refractivity (Wildman–Crippen MR) is 143 cm³/mol. The van der Waals surface area contributed by atoms with Crippen LogP contribution in [0.4, 0.5) is 0 Å². The molecule has 0 aliphatic heterocycles. The lowest BCUT2D eigenvalue weighted by Gasteiger charge is -2.70. The van der Waals surface area contributed by atoms with Gasteiger partial charge in [0.2, 0.25) is 0 Å². The molecule has 0 aromatic carbocycles. The normalized spacial score (nSPS) is 46.2. The molecular weight excluding hydrogens is 444 g/mol. The van der Waals surface area contributed by atoms with Gasteiger partial charge in [-0.3, -0.25) is 9.89 Å². The highest BCUT2D eigenvalue weighted by molar-refractivity contribution is 5.78. The van der Waals surface area contributed by atoms with Gasteiger partial charge < -0.3 is 4.74 Å². The molecule has 1 aromatic rings. The standard InChI is InChI=1S/C32H48N2O2/c1-27(2)13-15-32(26(35)36-8)16-14-30(6)21(22(32)18-27)9-10-24-29(5)17-20-19-33-34-25(20)28(3,4)23(29)11-12-31(24,30)7/h9,19,22-24H,10-18H2,1-8H3,(H,33,34)/t22-,23?,24?,29-,30+,31+,32-/m0/s1. The number of carbonyl (C=O) groups excluding carboxylic acids is 1. The first-order valence-corrected chi connectivity index (χ1v) is 14.6. The van der Waals surface area contributed by atoms with Crippen LogP contribution in [-0.2, 0) is 21.4 Å². The molecule has 2 unspecified atom stereocenters. The van der Waals surface area contributed by atoms with Gasteiger partial charge >= 0.3 is 5.97 Å². The Morgan fingerprint density at radius 2 is 1.72 bits per heavy atom. The predicted octanol–water partition coefficient (Wildman–Crippen LogP) is 7.40. The van der Waals surface area contributed by atoms with Crippen molar-refractivity contribution < 1.29 is 9.53 Å². The molecule has 1 N–H and O–H groups in total. The van der Waals surface area contributed by atoms with Crippen LogP contribution in [0.1, 0.15) is 111 Å². The van der Waals surface area contributed by atoms with Gasteiger partial charge in [0.15, 0.2) is 0 Å². The fourth-order valence-electron chi connectivity index (χ4n) is 11.2. The summed E-state index contributed by atoms with van der Waals surface area (Å²) in [5, 5.41) is 7.88. The Hall–Kier alpha value is -1.58. The molecule has 0 spiro atoms. The van der Waals surface area contributed by atoms with Crippen molar-refractivity contribution in [1.82, 2.24) is 10.2 Å². The smallest absolute Gasteiger partial charge is 0.312 e. The third-order valence-corrected chi connectivity index (χ3v) is 13.3. The molecule has 4 heteroatoms. The van der Waals surface area contributed by atoms with E-state index < -0.39 is 0 Å². The van der Waals surface area contributed by atoms with Crippen molar-refractivity contribution in [1.29, 1.82) is 0 Å². The highest BCUT2D eigenvalue weighted by Gasteiger charge is 2.69. The minimum Gasteiger partial charge on any atom is -0.469 e. The molecule has 1 aromatic heterocycles. The number of H-pyrrole nitrogens is 1. The van der Waals surface area contributed by atoms with E-state index in [9.17, 15) is 4.79 Å². The van der Waals surface area contributed by atoms with E-state index in [-0.39, 0.29) is 38.5 Å². The topological polar surface area (TPSA) is 55.0 Å². The van der Waals surface area contributed by atoms with Gasteiger partial charge in [-0.05, 0) is 103 Å². The van der Waals surface area contributed by atoms with E-state index in [0.29, 0.717) is 17.8 Å². The molecule has 1 heterocycles. The van der Waals surface area contributed by atoms with Crippen LogP contribution in [0.3, 0.4) is 0 Å². The van der Waals surface area contributed by atoms with Crippen LogP contribution >= 0.6 is 0 Å². The molecule has 5 aliphatic rings. The maximum absolute atomic E-state index is 13.4. The third-order valence-electron chi connectivity index (χ3n) is 13.3. The van der Waals surface area contributed by atoms with Gasteiger partial charge in [0, 0.05) is 11.1 Å². The molecule has 0 amide bonds. The third kappa shape index (κ3) is 2.83. The van der Waals surface area contributed by atoms with E-state index in [1.54, 1.807) is 12.7 Å². The van der Waals surface area contributed by atoms with Crippen molar-refractivity contribution in [2.24, 2.45) is 44.8 Å². The number of allylic oxidation sites excluding steroid dienone is 2.